The predicted molar refractivity (Wildman–Crippen MR) is 88.2 cm³/mol. The largest absolute Gasteiger partial charge is 0.444 e. The van der Waals surface area contributed by atoms with Gasteiger partial charge in [0.05, 0.1) is 23.6 Å². The van der Waals surface area contributed by atoms with E-state index in [9.17, 15) is 4.79 Å². The maximum Gasteiger partial charge on any atom is 0.410 e. The lowest BCUT2D eigenvalue weighted by molar-refractivity contribution is -0.0828. The molecule has 0 N–H and O–H groups in total. The Hall–Kier alpha value is -1.56. The first-order chi connectivity index (χ1) is 10.6. The second-order valence-electron chi connectivity index (χ2n) is 7.61. The van der Waals surface area contributed by atoms with E-state index in [0.29, 0.717) is 19.7 Å². The smallest absolute Gasteiger partial charge is 0.410 e. The van der Waals surface area contributed by atoms with Gasteiger partial charge in [-0.05, 0) is 53.5 Å². The highest BCUT2D eigenvalue weighted by Gasteiger charge is 2.34. The summed E-state index contributed by atoms with van der Waals surface area (Å²) in [6, 6.07) is 2.04. The van der Waals surface area contributed by atoms with Crippen LogP contribution in [0.1, 0.15) is 51.9 Å². The molecule has 1 saturated heterocycles. The summed E-state index contributed by atoms with van der Waals surface area (Å²) < 4.78 is 13.4. The standard InChI is InChI=1S/C17H29N3O3/c1-13-11-14(19(6)18-13)12-22-17(5)7-9-20(10-8-17)15(21)23-16(2,3)4/h11H,7-10,12H2,1-6H3. The van der Waals surface area contributed by atoms with E-state index < -0.39 is 5.60 Å². The van der Waals surface area contributed by atoms with Crippen molar-refractivity contribution in [3.63, 3.8) is 0 Å². The molecule has 1 amide bonds. The number of carbonyl (C=O) groups is 1. The number of piperidine rings is 1. The van der Waals surface area contributed by atoms with E-state index >= 15 is 0 Å². The third-order valence-electron chi connectivity index (χ3n) is 4.14. The molecule has 6 heteroatoms. The van der Waals surface area contributed by atoms with Crippen molar-refractivity contribution in [2.75, 3.05) is 13.1 Å². The van der Waals surface area contributed by atoms with Crippen LogP contribution in [0.25, 0.3) is 0 Å². The van der Waals surface area contributed by atoms with Gasteiger partial charge in [-0.2, -0.15) is 5.10 Å². The van der Waals surface area contributed by atoms with E-state index in [1.807, 2.05) is 45.5 Å². The van der Waals surface area contributed by atoms with Gasteiger partial charge < -0.3 is 14.4 Å². The Morgan fingerprint density at radius 2 is 1.96 bits per heavy atom. The minimum atomic E-state index is -0.453. The minimum Gasteiger partial charge on any atom is -0.444 e. The summed E-state index contributed by atoms with van der Waals surface area (Å²) in [4.78, 5) is 13.9. The molecule has 0 aromatic carbocycles. The molecule has 0 atom stereocenters. The van der Waals surface area contributed by atoms with Crippen LogP contribution in [0.5, 0.6) is 0 Å². The van der Waals surface area contributed by atoms with Gasteiger partial charge in [-0.15, -0.1) is 0 Å². The van der Waals surface area contributed by atoms with Crippen molar-refractivity contribution >= 4 is 6.09 Å². The topological polar surface area (TPSA) is 56.6 Å². The van der Waals surface area contributed by atoms with Crippen LogP contribution in [0.15, 0.2) is 6.07 Å². The maximum atomic E-state index is 12.1. The molecule has 23 heavy (non-hydrogen) atoms. The maximum absolute atomic E-state index is 12.1. The van der Waals surface area contributed by atoms with Gasteiger partial charge in [0.25, 0.3) is 0 Å². The van der Waals surface area contributed by atoms with Crippen LogP contribution >= 0.6 is 0 Å². The molecule has 1 aliphatic rings. The summed E-state index contributed by atoms with van der Waals surface area (Å²) in [6.07, 6.45) is 1.38. The number of carbonyl (C=O) groups excluding carboxylic acids is 1. The van der Waals surface area contributed by atoms with E-state index in [1.54, 1.807) is 4.90 Å². The fraction of sp³-hybridized carbons (Fsp3) is 0.765. The zero-order chi connectivity index (χ0) is 17.3. The molecule has 2 rings (SSSR count). The molecule has 0 aliphatic carbocycles. The Labute approximate surface area is 138 Å². The highest BCUT2D eigenvalue weighted by molar-refractivity contribution is 5.68. The van der Waals surface area contributed by atoms with E-state index in [1.165, 1.54) is 0 Å². The van der Waals surface area contributed by atoms with Crippen LogP contribution in [0.2, 0.25) is 0 Å². The van der Waals surface area contributed by atoms with Crippen molar-refractivity contribution in [2.45, 2.75) is 65.3 Å². The number of hydrogen-bond donors (Lipinski definition) is 0. The quantitative estimate of drug-likeness (QED) is 0.858. The lowest BCUT2D eigenvalue weighted by Gasteiger charge is -2.39. The summed E-state index contributed by atoms with van der Waals surface area (Å²) in [7, 11) is 1.93. The molecule has 6 nitrogen and oxygen atoms in total. The summed E-state index contributed by atoms with van der Waals surface area (Å²) in [6.45, 7) is 11.6. The summed E-state index contributed by atoms with van der Waals surface area (Å²) in [5.41, 5.74) is 1.40. The summed E-state index contributed by atoms with van der Waals surface area (Å²) >= 11 is 0. The molecular formula is C17H29N3O3. The average molecular weight is 323 g/mol. The number of aromatic nitrogens is 2. The number of ether oxygens (including phenoxy) is 2. The molecule has 0 radical (unpaired) electrons. The third-order valence-corrected chi connectivity index (χ3v) is 4.14. The first kappa shape index (κ1) is 17.8. The average Bonchev–Trinajstić information content (AvgIpc) is 2.74. The molecule has 2 heterocycles. The first-order valence-corrected chi connectivity index (χ1v) is 8.19. The Balaban J connectivity index is 1.85. The van der Waals surface area contributed by atoms with Crippen LogP contribution in [0.4, 0.5) is 4.79 Å². The van der Waals surface area contributed by atoms with Crippen molar-refractivity contribution in [3.8, 4) is 0 Å². The molecule has 130 valence electrons. The zero-order valence-corrected chi connectivity index (χ0v) is 15.2. The zero-order valence-electron chi connectivity index (χ0n) is 15.2. The van der Waals surface area contributed by atoms with Crippen LogP contribution in [0.3, 0.4) is 0 Å². The molecule has 0 saturated carbocycles. The lowest BCUT2D eigenvalue weighted by Crippen LogP contribution is -2.47. The Kier molecular flexibility index (Phi) is 5.04. The molecule has 0 unspecified atom stereocenters. The van der Waals surface area contributed by atoms with Crippen LogP contribution in [-0.2, 0) is 23.1 Å². The number of likely N-dealkylation sites (tertiary alicyclic amines) is 1. The highest BCUT2D eigenvalue weighted by atomic mass is 16.6. The summed E-state index contributed by atoms with van der Waals surface area (Å²) in [5, 5.41) is 4.33. The first-order valence-electron chi connectivity index (χ1n) is 8.19. The fourth-order valence-electron chi connectivity index (χ4n) is 2.68. The van der Waals surface area contributed by atoms with E-state index in [4.69, 9.17) is 9.47 Å². The van der Waals surface area contributed by atoms with E-state index in [-0.39, 0.29) is 11.7 Å². The van der Waals surface area contributed by atoms with Gasteiger partial charge in [0.1, 0.15) is 5.60 Å². The molecular weight excluding hydrogens is 294 g/mol. The minimum absolute atomic E-state index is 0.212. The van der Waals surface area contributed by atoms with Gasteiger partial charge in [0.2, 0.25) is 0 Å². The van der Waals surface area contributed by atoms with Crippen molar-refractivity contribution in [3.05, 3.63) is 17.5 Å². The lowest BCUT2D eigenvalue weighted by atomic mass is 9.93. The number of rotatable bonds is 3. The molecule has 0 spiro atoms. The van der Waals surface area contributed by atoms with E-state index in [2.05, 4.69) is 12.0 Å². The van der Waals surface area contributed by atoms with Gasteiger partial charge in [-0.3, -0.25) is 4.68 Å². The second kappa shape index (κ2) is 6.51. The van der Waals surface area contributed by atoms with Crippen LogP contribution in [0, 0.1) is 6.92 Å². The number of aryl methyl sites for hydroxylation is 2. The fourth-order valence-corrected chi connectivity index (χ4v) is 2.68. The predicted octanol–water partition coefficient (Wildman–Crippen LogP) is 3.03. The highest BCUT2D eigenvalue weighted by Crippen LogP contribution is 2.28. The van der Waals surface area contributed by atoms with Crippen molar-refractivity contribution in [2.24, 2.45) is 7.05 Å². The summed E-state index contributed by atoms with van der Waals surface area (Å²) in [5.74, 6) is 0. The van der Waals surface area contributed by atoms with E-state index in [0.717, 1.165) is 24.2 Å². The van der Waals surface area contributed by atoms with Gasteiger partial charge in [0, 0.05) is 20.1 Å². The normalized spacial score (nSPS) is 18.1. The number of nitrogens with zero attached hydrogens (tertiary/aromatic N) is 3. The number of amides is 1. The molecule has 1 aromatic heterocycles. The van der Waals surface area contributed by atoms with Gasteiger partial charge in [-0.25, -0.2) is 4.79 Å². The Morgan fingerprint density at radius 1 is 1.35 bits per heavy atom. The van der Waals surface area contributed by atoms with Gasteiger partial charge >= 0.3 is 6.09 Å². The van der Waals surface area contributed by atoms with Crippen molar-refractivity contribution in [1.82, 2.24) is 14.7 Å². The van der Waals surface area contributed by atoms with Crippen LogP contribution in [-0.4, -0.2) is 45.1 Å². The Morgan fingerprint density at radius 3 is 2.43 bits per heavy atom. The third kappa shape index (κ3) is 4.96. The van der Waals surface area contributed by atoms with Gasteiger partial charge in [0.15, 0.2) is 0 Å². The Bertz CT molecular complexity index is 552. The molecule has 1 aromatic rings. The monoisotopic (exact) mass is 323 g/mol. The molecule has 1 aliphatic heterocycles. The van der Waals surface area contributed by atoms with Crippen molar-refractivity contribution in [1.29, 1.82) is 0 Å². The number of hydrogen-bond acceptors (Lipinski definition) is 4. The molecule has 1 fully saturated rings. The van der Waals surface area contributed by atoms with Crippen molar-refractivity contribution < 1.29 is 14.3 Å². The van der Waals surface area contributed by atoms with Gasteiger partial charge in [-0.1, -0.05) is 0 Å². The second-order valence-corrected chi connectivity index (χ2v) is 7.61. The van der Waals surface area contributed by atoms with Crippen LogP contribution < -0.4 is 0 Å². The SMILES string of the molecule is Cc1cc(COC2(C)CCN(C(=O)OC(C)(C)C)CC2)n(C)n1. The molecule has 0 bridgehead atoms.